The maximum atomic E-state index is 8.89. The minimum absolute atomic E-state index is 0.0251. The van der Waals surface area contributed by atoms with Crippen molar-refractivity contribution in [3.05, 3.63) is 11.6 Å². The zero-order chi connectivity index (χ0) is 24.7. The summed E-state index contributed by atoms with van der Waals surface area (Å²) in [5.41, 5.74) is 2.61. The Labute approximate surface area is 207 Å². The summed E-state index contributed by atoms with van der Waals surface area (Å²) < 4.78 is 13.6. The van der Waals surface area contributed by atoms with Crippen molar-refractivity contribution in [1.82, 2.24) is 0 Å². The highest BCUT2D eigenvalue weighted by Gasteiger charge is 2.70. The van der Waals surface area contributed by atoms with Crippen molar-refractivity contribution in [2.75, 3.05) is 0 Å². The molecule has 0 aromatic rings. The molecule has 192 valence electrons. The van der Waals surface area contributed by atoms with Gasteiger partial charge in [0.1, 0.15) is 0 Å². The third kappa shape index (κ3) is 3.48. The summed E-state index contributed by atoms with van der Waals surface area (Å²) in [5.74, 6) is 3.43. The number of hydrogen-bond acceptors (Lipinski definition) is 4. The van der Waals surface area contributed by atoms with E-state index in [1.54, 1.807) is 5.57 Å². The monoisotopic (exact) mass is 471 g/mol. The van der Waals surface area contributed by atoms with Gasteiger partial charge in [0.25, 0.3) is 0 Å². The normalized spacial score (nSPS) is 52.6. The van der Waals surface area contributed by atoms with Gasteiger partial charge in [-0.2, -0.15) is 0 Å². The second-order valence-electron chi connectivity index (χ2n) is 13.8. The molecule has 0 radical (unpaired) electrons. The minimum Gasteiger partial charge on any atom is -0.550 e. The lowest BCUT2D eigenvalue weighted by Crippen LogP contribution is -2.54. The number of carboxylic acids is 1. The van der Waals surface area contributed by atoms with Crippen LogP contribution in [0.2, 0.25) is 0 Å². The van der Waals surface area contributed by atoms with Crippen LogP contribution in [0.25, 0.3) is 0 Å². The summed E-state index contributed by atoms with van der Waals surface area (Å²) in [7, 11) is 0. The molecule has 2 heterocycles. The van der Waals surface area contributed by atoms with Crippen LogP contribution in [-0.4, -0.2) is 23.5 Å². The molecule has 4 nitrogen and oxygen atoms in total. The van der Waals surface area contributed by atoms with Crippen LogP contribution in [0.3, 0.4) is 0 Å². The highest BCUT2D eigenvalue weighted by molar-refractivity contribution is 5.60. The topological polar surface area (TPSA) is 58.6 Å². The molecule has 0 bridgehead atoms. The van der Waals surface area contributed by atoms with E-state index in [1.807, 2.05) is 0 Å². The van der Waals surface area contributed by atoms with Gasteiger partial charge in [0.15, 0.2) is 5.79 Å². The average molecular weight is 472 g/mol. The Balaban J connectivity index is 0.000000560. The van der Waals surface area contributed by atoms with Crippen molar-refractivity contribution < 1.29 is 19.4 Å². The molecule has 1 spiro atoms. The van der Waals surface area contributed by atoms with Gasteiger partial charge in [0, 0.05) is 18.3 Å². The van der Waals surface area contributed by atoms with Gasteiger partial charge in [-0.25, -0.2) is 0 Å². The fourth-order valence-electron chi connectivity index (χ4n) is 10.3. The number of carboxylic acid groups (broad SMARTS) is 1. The Morgan fingerprint density at radius 3 is 2.38 bits per heavy atom. The van der Waals surface area contributed by atoms with Gasteiger partial charge in [-0.3, -0.25) is 0 Å². The predicted octanol–water partition coefficient (Wildman–Crippen LogP) is 5.89. The van der Waals surface area contributed by atoms with E-state index in [4.69, 9.17) is 19.4 Å². The van der Waals surface area contributed by atoms with E-state index in [1.165, 1.54) is 44.9 Å². The maximum Gasteiger partial charge on any atom is 0.172 e. The van der Waals surface area contributed by atoms with Gasteiger partial charge in [-0.1, -0.05) is 32.4 Å². The molecule has 6 rings (SSSR count). The first-order valence-electron chi connectivity index (χ1n) is 14.1. The predicted molar refractivity (Wildman–Crippen MR) is 132 cm³/mol. The molecule has 0 aromatic heterocycles. The molecule has 5 fully saturated rings. The summed E-state index contributed by atoms with van der Waals surface area (Å²) in [5, 5.41) is 8.89. The number of fused-ring (bicyclic) bond motifs is 7. The van der Waals surface area contributed by atoms with Crippen molar-refractivity contribution >= 4 is 5.97 Å². The van der Waals surface area contributed by atoms with Gasteiger partial charge >= 0.3 is 0 Å². The second kappa shape index (κ2) is 8.07. The molecule has 0 N–H and O–H groups in total. The molecule has 34 heavy (non-hydrogen) atoms. The summed E-state index contributed by atoms with van der Waals surface area (Å²) in [6.07, 6.45) is 15.1. The number of aliphatic carboxylic acids is 1. The number of allylic oxidation sites excluding steroid dienone is 2. The molecule has 2 aliphatic heterocycles. The Kier molecular flexibility index (Phi) is 5.89. The Bertz CT molecular complexity index is 858. The largest absolute Gasteiger partial charge is 0.550 e. The standard InChI is InChI=1S/C28H44O2.C2H4O2/c1-17-8-7-9-19-10-11-20-21(27(17,19)6)12-13-26(5)22(20)16-23-24(26)18(2)28(29-23)15-14-25(3,4)30-28;1-2(3)4/h8,18-24H,7,9-16H2,1-6H3;1H3,(H,3,4)/p-1/t18-,19?,20+,21-,22-,23-,24-,26-,27-,28?;/m0./s1. The highest BCUT2D eigenvalue weighted by Crippen LogP contribution is 2.72. The van der Waals surface area contributed by atoms with Crippen LogP contribution in [0.4, 0.5) is 0 Å². The molecule has 4 aliphatic carbocycles. The molecular formula is C30H47O4-. The van der Waals surface area contributed by atoms with Crippen LogP contribution >= 0.6 is 0 Å². The van der Waals surface area contributed by atoms with E-state index >= 15 is 0 Å². The van der Waals surface area contributed by atoms with Gasteiger partial charge in [-0.05, 0) is 119 Å². The quantitative estimate of drug-likeness (QED) is 0.414. The van der Waals surface area contributed by atoms with E-state index in [9.17, 15) is 0 Å². The number of carbonyl (C=O) groups excluding carboxylic acids is 1. The van der Waals surface area contributed by atoms with Gasteiger partial charge < -0.3 is 19.4 Å². The van der Waals surface area contributed by atoms with Gasteiger partial charge in [-0.15, -0.1) is 0 Å². The molecule has 0 amide bonds. The fraction of sp³-hybridized carbons (Fsp3) is 0.900. The Morgan fingerprint density at radius 2 is 1.74 bits per heavy atom. The number of rotatable bonds is 0. The zero-order valence-electron chi connectivity index (χ0n) is 22.6. The number of carbonyl (C=O) groups is 1. The first-order chi connectivity index (χ1) is 15.8. The van der Waals surface area contributed by atoms with Crippen LogP contribution in [0.15, 0.2) is 11.6 Å². The van der Waals surface area contributed by atoms with Crippen LogP contribution < -0.4 is 5.11 Å². The molecule has 2 saturated heterocycles. The first-order valence-corrected chi connectivity index (χ1v) is 14.1. The minimum atomic E-state index is -1.08. The van der Waals surface area contributed by atoms with Crippen LogP contribution in [0, 0.1) is 46.3 Å². The Morgan fingerprint density at radius 1 is 1.03 bits per heavy atom. The van der Waals surface area contributed by atoms with E-state index < -0.39 is 5.97 Å². The lowest BCUT2D eigenvalue weighted by Gasteiger charge is -2.61. The van der Waals surface area contributed by atoms with E-state index in [0.717, 1.165) is 43.4 Å². The summed E-state index contributed by atoms with van der Waals surface area (Å²) in [6.45, 7) is 15.7. The molecule has 2 unspecified atom stereocenters. The third-order valence-electron chi connectivity index (χ3n) is 11.9. The SMILES string of the molecule is CC(=O)[O-].CC1=CCCC2CC[C@H]3[C@@H]4C[C@@H]5OC6(CCC(C)(C)O6)[C@@H](C)[C@@H]5[C@@]4(C)CC[C@@H]3[C@@]12C. The summed E-state index contributed by atoms with van der Waals surface area (Å²) in [6, 6.07) is 0. The van der Waals surface area contributed by atoms with Gasteiger partial charge in [0.2, 0.25) is 0 Å². The lowest BCUT2D eigenvalue weighted by molar-refractivity contribution is -0.302. The lowest BCUT2D eigenvalue weighted by atomic mass is 9.44. The van der Waals surface area contributed by atoms with Crippen molar-refractivity contribution in [3.8, 4) is 0 Å². The van der Waals surface area contributed by atoms with Crippen molar-refractivity contribution in [1.29, 1.82) is 0 Å². The van der Waals surface area contributed by atoms with Crippen molar-refractivity contribution in [2.24, 2.45) is 46.3 Å². The second-order valence-corrected chi connectivity index (χ2v) is 13.8. The summed E-state index contributed by atoms with van der Waals surface area (Å²) >= 11 is 0. The molecule has 10 atom stereocenters. The number of hydrogen-bond donors (Lipinski definition) is 0. The molecule has 3 saturated carbocycles. The van der Waals surface area contributed by atoms with E-state index in [2.05, 4.69) is 47.6 Å². The van der Waals surface area contributed by atoms with Crippen LogP contribution in [0.1, 0.15) is 106 Å². The van der Waals surface area contributed by atoms with Crippen molar-refractivity contribution in [3.63, 3.8) is 0 Å². The Hall–Kier alpha value is -0.870. The zero-order valence-corrected chi connectivity index (χ0v) is 22.6. The van der Waals surface area contributed by atoms with Crippen molar-refractivity contribution in [2.45, 2.75) is 124 Å². The molecule has 6 aliphatic rings. The highest BCUT2D eigenvalue weighted by atomic mass is 16.7. The van der Waals surface area contributed by atoms with Crippen LogP contribution in [-0.2, 0) is 14.3 Å². The molecule has 0 aromatic carbocycles. The average Bonchev–Trinajstić information content (AvgIpc) is 3.31. The van der Waals surface area contributed by atoms with E-state index in [-0.39, 0.29) is 11.4 Å². The van der Waals surface area contributed by atoms with Crippen LogP contribution in [0.5, 0.6) is 0 Å². The van der Waals surface area contributed by atoms with Gasteiger partial charge in [0.05, 0.1) is 11.7 Å². The molecule has 4 heteroatoms. The first kappa shape index (κ1) is 24.8. The van der Waals surface area contributed by atoms with E-state index in [0.29, 0.717) is 28.8 Å². The number of ether oxygens (including phenoxy) is 2. The maximum absolute atomic E-state index is 8.89. The smallest absolute Gasteiger partial charge is 0.172 e. The third-order valence-corrected chi connectivity index (χ3v) is 11.9. The fourth-order valence-corrected chi connectivity index (χ4v) is 10.3. The molecular weight excluding hydrogens is 424 g/mol. The summed E-state index contributed by atoms with van der Waals surface area (Å²) in [4.78, 5) is 8.89.